The molecular weight excluding hydrogens is 378 g/mol. The van der Waals surface area contributed by atoms with Crippen molar-refractivity contribution in [2.45, 2.75) is 31.7 Å². The van der Waals surface area contributed by atoms with Crippen molar-refractivity contribution in [3.05, 3.63) is 71.0 Å². The van der Waals surface area contributed by atoms with Gasteiger partial charge in [-0.15, -0.1) is 5.10 Å². The van der Waals surface area contributed by atoms with Gasteiger partial charge in [0.15, 0.2) is 5.69 Å². The Bertz CT molecular complexity index is 1120. The fourth-order valence-corrected chi connectivity index (χ4v) is 3.35. The zero-order chi connectivity index (χ0) is 20.5. The molecule has 0 aliphatic heterocycles. The summed E-state index contributed by atoms with van der Waals surface area (Å²) >= 11 is 0. The number of hydrogen-bond donors (Lipinski definition) is 2. The number of carbonyl (C=O) groups is 1. The highest BCUT2D eigenvalue weighted by molar-refractivity contribution is 7.89. The summed E-state index contributed by atoms with van der Waals surface area (Å²) in [4.78, 5) is 12.7. The highest BCUT2D eigenvalue weighted by Crippen LogP contribution is 2.18. The molecule has 8 nitrogen and oxygen atoms in total. The number of rotatable bonds is 5. The van der Waals surface area contributed by atoms with Gasteiger partial charge in [-0.25, -0.2) is 18.2 Å². The van der Waals surface area contributed by atoms with Gasteiger partial charge in [-0.05, 0) is 50.6 Å². The third-order valence-corrected chi connectivity index (χ3v) is 5.33. The first-order chi connectivity index (χ1) is 13.2. The molecule has 0 saturated heterocycles. The molecule has 9 heteroatoms. The van der Waals surface area contributed by atoms with Gasteiger partial charge in [0.1, 0.15) is 0 Å². The molecule has 0 spiro atoms. The largest absolute Gasteiger partial charge is 0.344 e. The quantitative estimate of drug-likeness (QED) is 0.680. The lowest BCUT2D eigenvalue weighted by atomic mass is 10.1. The second kappa shape index (κ2) is 7.53. The summed E-state index contributed by atoms with van der Waals surface area (Å²) in [6.45, 7) is 5.50. The summed E-state index contributed by atoms with van der Waals surface area (Å²) in [6, 6.07) is 13.4. The molecule has 0 saturated carbocycles. The Morgan fingerprint density at radius 3 is 2.46 bits per heavy atom. The van der Waals surface area contributed by atoms with Crippen molar-refractivity contribution in [3.8, 4) is 5.69 Å². The summed E-state index contributed by atoms with van der Waals surface area (Å²) < 4.78 is 24.6. The lowest BCUT2D eigenvalue weighted by molar-refractivity contribution is 0.0934. The number of nitrogens with zero attached hydrogens (tertiary/aromatic N) is 3. The van der Waals surface area contributed by atoms with E-state index in [0.717, 1.165) is 11.3 Å². The fraction of sp³-hybridized carbons (Fsp3) is 0.211. The van der Waals surface area contributed by atoms with E-state index in [2.05, 4.69) is 15.6 Å². The second-order valence-corrected chi connectivity index (χ2v) is 8.14. The third-order valence-electron chi connectivity index (χ3n) is 4.42. The van der Waals surface area contributed by atoms with Crippen molar-refractivity contribution in [2.75, 3.05) is 0 Å². The number of aryl methyl sites for hydroxylation is 1. The van der Waals surface area contributed by atoms with Crippen LogP contribution in [0.1, 0.15) is 40.3 Å². The average molecular weight is 399 g/mol. The Balaban J connectivity index is 1.81. The van der Waals surface area contributed by atoms with Crippen molar-refractivity contribution in [2.24, 2.45) is 5.14 Å². The number of amides is 1. The Kier molecular flexibility index (Phi) is 5.30. The monoisotopic (exact) mass is 399 g/mol. The molecule has 1 amide bonds. The van der Waals surface area contributed by atoms with Crippen LogP contribution in [0, 0.1) is 13.8 Å². The van der Waals surface area contributed by atoms with E-state index in [1.54, 1.807) is 30.7 Å². The highest BCUT2D eigenvalue weighted by atomic mass is 32.2. The topological polar surface area (TPSA) is 120 Å². The van der Waals surface area contributed by atoms with Crippen LogP contribution >= 0.6 is 0 Å². The Hall–Kier alpha value is -3.04. The predicted octanol–water partition coefficient (Wildman–Crippen LogP) is 2.02. The van der Waals surface area contributed by atoms with Crippen LogP contribution in [0.4, 0.5) is 0 Å². The summed E-state index contributed by atoms with van der Waals surface area (Å²) in [5, 5.41) is 16.1. The second-order valence-electron chi connectivity index (χ2n) is 6.58. The lowest BCUT2D eigenvalue weighted by Crippen LogP contribution is -2.28. The number of carbonyl (C=O) groups excluding carboxylic acids is 1. The molecular formula is C19H21N5O3S. The minimum absolute atomic E-state index is 0.00686. The van der Waals surface area contributed by atoms with Gasteiger partial charge in [0.2, 0.25) is 10.0 Å². The van der Waals surface area contributed by atoms with E-state index >= 15 is 0 Å². The lowest BCUT2D eigenvalue weighted by Gasteiger charge is -2.14. The number of hydrogen-bond acceptors (Lipinski definition) is 5. The average Bonchev–Trinajstić information content (AvgIpc) is 3.03. The van der Waals surface area contributed by atoms with Crippen molar-refractivity contribution >= 4 is 15.9 Å². The van der Waals surface area contributed by atoms with Crippen LogP contribution in [0.2, 0.25) is 0 Å². The molecule has 1 aromatic heterocycles. The van der Waals surface area contributed by atoms with E-state index in [4.69, 9.17) is 5.14 Å². The van der Waals surface area contributed by atoms with Crippen molar-refractivity contribution < 1.29 is 13.2 Å². The first-order valence-corrected chi connectivity index (χ1v) is 10.1. The van der Waals surface area contributed by atoms with Crippen LogP contribution in [0.25, 0.3) is 5.69 Å². The molecule has 2 aromatic carbocycles. The van der Waals surface area contributed by atoms with E-state index in [1.807, 2.05) is 31.2 Å². The number of aromatic nitrogens is 3. The number of nitrogens with one attached hydrogen (secondary N) is 1. The predicted molar refractivity (Wildman–Crippen MR) is 105 cm³/mol. The molecule has 146 valence electrons. The van der Waals surface area contributed by atoms with Crippen molar-refractivity contribution in [1.82, 2.24) is 20.3 Å². The van der Waals surface area contributed by atoms with Crippen LogP contribution in [0.15, 0.2) is 53.4 Å². The molecule has 28 heavy (non-hydrogen) atoms. The van der Waals surface area contributed by atoms with E-state index < -0.39 is 22.0 Å². The van der Waals surface area contributed by atoms with E-state index in [0.29, 0.717) is 11.3 Å². The summed E-state index contributed by atoms with van der Waals surface area (Å²) in [5.74, 6) is -0.399. The van der Waals surface area contributed by atoms with Crippen molar-refractivity contribution in [3.63, 3.8) is 0 Å². The molecule has 3 rings (SSSR count). The molecule has 3 N–H and O–H groups in total. The maximum absolute atomic E-state index is 12.7. The molecule has 0 radical (unpaired) electrons. The number of benzene rings is 2. The van der Waals surface area contributed by atoms with Crippen LogP contribution in [-0.2, 0) is 10.0 Å². The molecule has 0 aliphatic carbocycles. The van der Waals surface area contributed by atoms with Crippen LogP contribution in [0.3, 0.4) is 0 Å². The van der Waals surface area contributed by atoms with Gasteiger partial charge in [-0.1, -0.05) is 35.0 Å². The van der Waals surface area contributed by atoms with Crippen molar-refractivity contribution in [1.29, 1.82) is 0 Å². The first kappa shape index (κ1) is 19.7. The van der Waals surface area contributed by atoms with Crippen LogP contribution < -0.4 is 10.5 Å². The molecule has 0 aliphatic rings. The van der Waals surface area contributed by atoms with Gasteiger partial charge in [0.25, 0.3) is 5.91 Å². The maximum Gasteiger partial charge on any atom is 0.274 e. The number of sulfonamides is 1. The summed E-state index contributed by atoms with van der Waals surface area (Å²) in [6.07, 6.45) is 0. The van der Waals surface area contributed by atoms with E-state index in [9.17, 15) is 13.2 Å². The molecule has 1 atom stereocenters. The van der Waals surface area contributed by atoms with Gasteiger partial charge < -0.3 is 5.32 Å². The van der Waals surface area contributed by atoms with E-state index in [-0.39, 0.29) is 10.6 Å². The van der Waals surface area contributed by atoms with Gasteiger partial charge in [-0.3, -0.25) is 4.79 Å². The normalized spacial score (nSPS) is 12.6. The molecule has 1 unspecified atom stereocenters. The molecule has 1 heterocycles. The van der Waals surface area contributed by atoms with Gasteiger partial charge in [0, 0.05) is 0 Å². The Labute approximate surface area is 163 Å². The van der Waals surface area contributed by atoms with Gasteiger partial charge in [0.05, 0.1) is 22.3 Å². The number of nitrogens with two attached hydrogens (primary N) is 1. The fourth-order valence-electron chi connectivity index (χ4n) is 2.78. The zero-order valence-electron chi connectivity index (χ0n) is 15.7. The smallest absolute Gasteiger partial charge is 0.274 e. The zero-order valence-corrected chi connectivity index (χ0v) is 16.6. The minimum atomic E-state index is -3.81. The first-order valence-electron chi connectivity index (χ1n) is 8.60. The van der Waals surface area contributed by atoms with Gasteiger partial charge in [-0.2, -0.15) is 0 Å². The van der Waals surface area contributed by atoms with E-state index in [1.165, 1.54) is 12.1 Å². The van der Waals surface area contributed by atoms with Gasteiger partial charge >= 0.3 is 0 Å². The minimum Gasteiger partial charge on any atom is -0.344 e. The Morgan fingerprint density at radius 2 is 1.82 bits per heavy atom. The highest BCUT2D eigenvalue weighted by Gasteiger charge is 2.20. The SMILES string of the molecule is Cc1ccc(-n2nnc(C(=O)NC(C)c3cccc(S(N)(=O)=O)c3)c2C)cc1. The standard InChI is InChI=1S/C19H21N5O3S/c1-12-7-9-16(10-8-12)24-14(3)18(22-23-24)19(25)21-13(2)15-5-4-6-17(11-15)28(20,26)27/h4-11,13H,1-3H3,(H,21,25)(H2,20,26,27). The third kappa shape index (κ3) is 4.10. The van der Waals surface area contributed by atoms with Crippen LogP contribution in [0.5, 0.6) is 0 Å². The Morgan fingerprint density at radius 1 is 1.14 bits per heavy atom. The molecule has 0 bridgehead atoms. The maximum atomic E-state index is 12.7. The molecule has 0 fully saturated rings. The number of primary sulfonamides is 1. The van der Waals surface area contributed by atoms with Crippen LogP contribution in [-0.4, -0.2) is 29.3 Å². The summed E-state index contributed by atoms with van der Waals surface area (Å²) in [7, 11) is -3.81. The molecule has 3 aromatic rings. The summed E-state index contributed by atoms with van der Waals surface area (Å²) in [5.41, 5.74) is 3.35.